The highest BCUT2D eigenvalue weighted by molar-refractivity contribution is 14.1. The zero-order valence-corrected chi connectivity index (χ0v) is 11.2. The molecule has 0 nitrogen and oxygen atoms in total. The maximum Gasteiger partial charge on any atom is 0.0603 e. The Morgan fingerprint density at radius 2 is 2.00 bits per heavy atom. The number of hydrogen-bond acceptors (Lipinski definition) is 1. The van der Waals surface area contributed by atoms with Gasteiger partial charge in [-0.15, -0.1) is 11.8 Å². The highest BCUT2D eigenvalue weighted by Gasteiger charge is 2.19. The summed E-state index contributed by atoms with van der Waals surface area (Å²) in [5.74, 6) is 1.18. The molecule has 0 saturated heterocycles. The summed E-state index contributed by atoms with van der Waals surface area (Å²) in [5.41, 5.74) is 1.34. The van der Waals surface area contributed by atoms with Crippen LogP contribution in [0.25, 0.3) is 0 Å². The normalized spacial score (nSPS) is 21.3. The standard InChI is InChI=1S/C9H7Cl2IS/c10-6-3-5-8(12)1-2-13-9(5)4-7(6)11/h3-4,8H,1-2H2. The van der Waals surface area contributed by atoms with Gasteiger partial charge < -0.3 is 0 Å². The Labute approximate surface area is 106 Å². The number of halogens is 3. The SMILES string of the molecule is Clc1cc2c(cc1Cl)C(I)CCS2. The van der Waals surface area contributed by atoms with E-state index in [-0.39, 0.29) is 0 Å². The quantitative estimate of drug-likeness (QED) is 0.473. The minimum atomic E-state index is 0.587. The topological polar surface area (TPSA) is 0 Å². The van der Waals surface area contributed by atoms with E-state index in [9.17, 15) is 0 Å². The van der Waals surface area contributed by atoms with E-state index in [2.05, 4.69) is 22.6 Å². The Morgan fingerprint density at radius 1 is 1.31 bits per heavy atom. The fourth-order valence-corrected chi connectivity index (χ4v) is 4.35. The van der Waals surface area contributed by atoms with Crippen LogP contribution in [0.5, 0.6) is 0 Å². The Hall–Kier alpha value is 0.880. The molecule has 0 aliphatic carbocycles. The van der Waals surface area contributed by atoms with Gasteiger partial charge >= 0.3 is 0 Å². The monoisotopic (exact) mass is 344 g/mol. The predicted octanol–water partition coefficient (Wildman–Crippen LogP) is 4.97. The molecule has 0 radical (unpaired) electrons. The van der Waals surface area contributed by atoms with Crippen molar-refractivity contribution in [3.05, 3.63) is 27.7 Å². The number of hydrogen-bond donors (Lipinski definition) is 0. The zero-order chi connectivity index (χ0) is 9.42. The molecule has 13 heavy (non-hydrogen) atoms. The van der Waals surface area contributed by atoms with Crippen LogP contribution in [-0.4, -0.2) is 5.75 Å². The summed E-state index contributed by atoms with van der Waals surface area (Å²) in [5, 5.41) is 1.34. The number of benzene rings is 1. The van der Waals surface area contributed by atoms with Crippen molar-refractivity contribution in [1.29, 1.82) is 0 Å². The van der Waals surface area contributed by atoms with Gasteiger partial charge in [-0.3, -0.25) is 0 Å². The van der Waals surface area contributed by atoms with E-state index in [4.69, 9.17) is 23.2 Å². The van der Waals surface area contributed by atoms with Gasteiger partial charge in [-0.1, -0.05) is 45.8 Å². The number of rotatable bonds is 0. The third kappa shape index (κ3) is 2.11. The molecule has 0 saturated carbocycles. The molecule has 1 aliphatic rings. The first kappa shape index (κ1) is 10.4. The van der Waals surface area contributed by atoms with E-state index in [1.54, 1.807) is 0 Å². The van der Waals surface area contributed by atoms with Crippen LogP contribution in [0.2, 0.25) is 10.0 Å². The molecule has 0 aromatic heterocycles. The minimum absolute atomic E-state index is 0.587. The van der Waals surface area contributed by atoms with Gasteiger partial charge in [0.05, 0.1) is 10.0 Å². The Bertz CT molecular complexity index is 341. The Kier molecular flexibility index (Phi) is 3.34. The molecule has 1 heterocycles. The summed E-state index contributed by atoms with van der Waals surface area (Å²) < 4.78 is 0.587. The summed E-state index contributed by atoms with van der Waals surface area (Å²) in [6, 6.07) is 3.98. The molecule has 0 amide bonds. The lowest BCUT2D eigenvalue weighted by Crippen LogP contribution is -2.01. The smallest absolute Gasteiger partial charge is 0.0603 e. The third-order valence-corrected chi connectivity index (χ3v) is 5.14. The van der Waals surface area contributed by atoms with Gasteiger partial charge in [-0.25, -0.2) is 0 Å². The van der Waals surface area contributed by atoms with Crippen LogP contribution in [0.1, 0.15) is 15.9 Å². The molecule has 0 N–H and O–H groups in total. The van der Waals surface area contributed by atoms with Crippen LogP contribution in [0.3, 0.4) is 0 Å². The molecular weight excluding hydrogens is 338 g/mol. The molecule has 0 bridgehead atoms. The summed E-state index contributed by atoms with van der Waals surface area (Å²) in [6.45, 7) is 0. The minimum Gasteiger partial charge on any atom is -0.126 e. The maximum absolute atomic E-state index is 5.97. The van der Waals surface area contributed by atoms with Crippen molar-refractivity contribution < 1.29 is 0 Å². The summed E-state index contributed by atoms with van der Waals surface area (Å²) >= 11 is 16.2. The van der Waals surface area contributed by atoms with Crippen LogP contribution < -0.4 is 0 Å². The molecule has 1 unspecified atom stereocenters. The van der Waals surface area contributed by atoms with Crippen molar-refractivity contribution in [3.63, 3.8) is 0 Å². The molecule has 1 aromatic rings. The first-order chi connectivity index (χ1) is 6.18. The van der Waals surface area contributed by atoms with Gasteiger partial charge in [0.15, 0.2) is 0 Å². The molecule has 1 aromatic carbocycles. The average molecular weight is 345 g/mol. The number of thioether (sulfide) groups is 1. The van der Waals surface area contributed by atoms with Crippen LogP contribution in [0.4, 0.5) is 0 Å². The first-order valence-electron chi connectivity index (χ1n) is 3.94. The molecule has 1 aliphatic heterocycles. The Morgan fingerprint density at radius 3 is 2.77 bits per heavy atom. The zero-order valence-electron chi connectivity index (χ0n) is 6.69. The largest absolute Gasteiger partial charge is 0.126 e. The molecule has 2 rings (SSSR count). The van der Waals surface area contributed by atoms with Gasteiger partial charge in [-0.2, -0.15) is 0 Å². The highest BCUT2D eigenvalue weighted by atomic mass is 127. The second-order valence-electron chi connectivity index (χ2n) is 2.91. The van der Waals surface area contributed by atoms with Crippen molar-refractivity contribution in [1.82, 2.24) is 0 Å². The second kappa shape index (κ2) is 4.17. The van der Waals surface area contributed by atoms with Gasteiger partial charge in [0.25, 0.3) is 0 Å². The van der Waals surface area contributed by atoms with Crippen molar-refractivity contribution in [2.75, 3.05) is 5.75 Å². The highest BCUT2D eigenvalue weighted by Crippen LogP contribution is 2.44. The molecule has 0 spiro atoms. The van der Waals surface area contributed by atoms with Crippen molar-refractivity contribution in [2.45, 2.75) is 15.2 Å². The summed E-state index contributed by atoms with van der Waals surface area (Å²) in [4.78, 5) is 1.29. The molecule has 1 atom stereocenters. The lowest BCUT2D eigenvalue weighted by atomic mass is 10.1. The van der Waals surface area contributed by atoms with Crippen LogP contribution in [0.15, 0.2) is 17.0 Å². The maximum atomic E-state index is 5.97. The van der Waals surface area contributed by atoms with E-state index >= 15 is 0 Å². The van der Waals surface area contributed by atoms with Crippen LogP contribution in [0, 0.1) is 0 Å². The summed E-state index contributed by atoms with van der Waals surface area (Å²) in [7, 11) is 0. The van der Waals surface area contributed by atoms with E-state index in [0.29, 0.717) is 14.0 Å². The van der Waals surface area contributed by atoms with Crippen molar-refractivity contribution in [2.24, 2.45) is 0 Å². The lowest BCUT2D eigenvalue weighted by molar-refractivity contribution is 0.896. The van der Waals surface area contributed by atoms with E-state index < -0.39 is 0 Å². The molecule has 0 fully saturated rings. The van der Waals surface area contributed by atoms with E-state index in [1.807, 2.05) is 23.9 Å². The van der Waals surface area contributed by atoms with Crippen LogP contribution in [-0.2, 0) is 0 Å². The fraction of sp³-hybridized carbons (Fsp3) is 0.333. The second-order valence-corrected chi connectivity index (χ2v) is 6.36. The van der Waals surface area contributed by atoms with Gasteiger partial charge in [0.1, 0.15) is 0 Å². The molecule has 70 valence electrons. The van der Waals surface area contributed by atoms with E-state index in [1.165, 1.54) is 22.6 Å². The predicted molar refractivity (Wildman–Crippen MR) is 68.6 cm³/mol. The van der Waals surface area contributed by atoms with Crippen molar-refractivity contribution in [3.8, 4) is 0 Å². The van der Waals surface area contributed by atoms with Gasteiger partial charge in [-0.05, 0) is 29.9 Å². The summed E-state index contributed by atoms with van der Waals surface area (Å²) in [6.07, 6.45) is 1.22. The van der Waals surface area contributed by atoms with Crippen molar-refractivity contribution >= 4 is 57.6 Å². The molecular formula is C9H7Cl2IS. The average Bonchev–Trinajstić information content (AvgIpc) is 2.09. The van der Waals surface area contributed by atoms with E-state index in [0.717, 1.165) is 0 Å². The lowest BCUT2D eigenvalue weighted by Gasteiger charge is -2.20. The third-order valence-electron chi connectivity index (χ3n) is 2.02. The van der Waals surface area contributed by atoms with Gasteiger partial charge in [0.2, 0.25) is 0 Å². The Balaban J connectivity index is 2.52. The fourth-order valence-electron chi connectivity index (χ4n) is 1.34. The van der Waals surface area contributed by atoms with Crippen LogP contribution >= 0.6 is 57.6 Å². The first-order valence-corrected chi connectivity index (χ1v) is 6.93. The van der Waals surface area contributed by atoms with Gasteiger partial charge in [0, 0.05) is 8.82 Å². The number of alkyl halides is 1. The molecule has 4 heteroatoms. The number of fused-ring (bicyclic) bond motifs is 1.